The topological polar surface area (TPSA) is 43.8 Å². The van der Waals surface area contributed by atoms with Crippen LogP contribution in [-0.2, 0) is 5.41 Å². The van der Waals surface area contributed by atoms with Gasteiger partial charge in [0.1, 0.15) is 5.82 Å². The molecule has 0 unspecified atom stereocenters. The van der Waals surface area contributed by atoms with E-state index >= 15 is 0 Å². The third-order valence-electron chi connectivity index (χ3n) is 3.31. The molecule has 0 atom stereocenters. The van der Waals surface area contributed by atoms with Gasteiger partial charge >= 0.3 is 0 Å². The van der Waals surface area contributed by atoms with Crippen LogP contribution in [0.5, 0.6) is 0 Å². The standard InChI is InChI=1S/C16H23N3.ClH/c1-11(2)12-6-8-13(9-7-12)19-15(17)10-14(18-19)16(3,4)5;/h6-11H,17H2,1-5H3;1H. The molecule has 2 rings (SSSR count). The smallest absolute Gasteiger partial charge is 0.127 e. The van der Waals surface area contributed by atoms with E-state index in [1.807, 2.05) is 10.7 Å². The Labute approximate surface area is 127 Å². The number of nitrogens with two attached hydrogens (primary N) is 1. The molecule has 1 aromatic carbocycles. The molecule has 1 heterocycles. The molecule has 110 valence electrons. The van der Waals surface area contributed by atoms with Crippen molar-refractivity contribution in [2.45, 2.75) is 46.0 Å². The van der Waals surface area contributed by atoms with E-state index in [1.165, 1.54) is 5.56 Å². The SMILES string of the molecule is CC(C)c1ccc(-n2nc(C(C)(C)C)cc2N)cc1.Cl. The second kappa shape index (κ2) is 5.88. The Balaban J connectivity index is 0.00000200. The Morgan fingerprint density at radius 1 is 1.10 bits per heavy atom. The van der Waals surface area contributed by atoms with Crippen LogP contribution in [0.1, 0.15) is 51.8 Å². The van der Waals surface area contributed by atoms with Gasteiger partial charge in [0.05, 0.1) is 11.4 Å². The van der Waals surface area contributed by atoms with Crippen LogP contribution in [0.15, 0.2) is 30.3 Å². The highest BCUT2D eigenvalue weighted by molar-refractivity contribution is 5.85. The van der Waals surface area contributed by atoms with Gasteiger partial charge in [0.25, 0.3) is 0 Å². The number of aromatic nitrogens is 2. The summed E-state index contributed by atoms with van der Waals surface area (Å²) in [5, 5.41) is 4.62. The molecule has 4 heteroatoms. The molecule has 0 saturated heterocycles. The van der Waals surface area contributed by atoms with Gasteiger partial charge in [-0.05, 0) is 23.6 Å². The molecule has 0 fully saturated rings. The molecule has 0 bridgehead atoms. The molecule has 3 nitrogen and oxygen atoms in total. The normalized spacial score (nSPS) is 11.5. The van der Waals surface area contributed by atoms with Crippen molar-refractivity contribution in [3.8, 4) is 5.69 Å². The van der Waals surface area contributed by atoms with Crippen LogP contribution in [-0.4, -0.2) is 9.78 Å². The maximum Gasteiger partial charge on any atom is 0.127 e. The van der Waals surface area contributed by atoms with Gasteiger partial charge in [0.15, 0.2) is 0 Å². The molecule has 20 heavy (non-hydrogen) atoms. The predicted octanol–water partition coefficient (Wildman–Crippen LogP) is 4.30. The van der Waals surface area contributed by atoms with Gasteiger partial charge in [-0.1, -0.05) is 46.8 Å². The average molecular weight is 294 g/mol. The van der Waals surface area contributed by atoms with E-state index in [9.17, 15) is 0 Å². The number of anilines is 1. The van der Waals surface area contributed by atoms with Gasteiger partial charge in [-0.2, -0.15) is 5.10 Å². The lowest BCUT2D eigenvalue weighted by Gasteiger charge is -2.14. The molecule has 0 saturated carbocycles. The highest BCUT2D eigenvalue weighted by Gasteiger charge is 2.19. The van der Waals surface area contributed by atoms with Crippen molar-refractivity contribution in [2.24, 2.45) is 0 Å². The van der Waals surface area contributed by atoms with E-state index in [0.717, 1.165) is 11.4 Å². The summed E-state index contributed by atoms with van der Waals surface area (Å²) in [6, 6.07) is 10.4. The summed E-state index contributed by atoms with van der Waals surface area (Å²) >= 11 is 0. The summed E-state index contributed by atoms with van der Waals surface area (Å²) in [5.41, 5.74) is 9.43. The molecule has 0 radical (unpaired) electrons. The average Bonchev–Trinajstić information content (AvgIpc) is 2.71. The number of nitrogen functional groups attached to an aromatic ring is 1. The fourth-order valence-electron chi connectivity index (χ4n) is 1.97. The summed E-state index contributed by atoms with van der Waals surface area (Å²) in [6.45, 7) is 10.8. The zero-order valence-corrected chi connectivity index (χ0v) is 13.7. The molecule has 0 spiro atoms. The maximum absolute atomic E-state index is 6.07. The van der Waals surface area contributed by atoms with Crippen LogP contribution in [0.25, 0.3) is 5.69 Å². The Morgan fingerprint density at radius 2 is 1.65 bits per heavy atom. The number of rotatable bonds is 2. The van der Waals surface area contributed by atoms with Crippen LogP contribution in [0.3, 0.4) is 0 Å². The molecular formula is C16H24ClN3. The molecule has 0 aliphatic heterocycles. The molecule has 1 aromatic heterocycles. The molecule has 0 aliphatic carbocycles. The van der Waals surface area contributed by atoms with Crippen LogP contribution >= 0.6 is 12.4 Å². The van der Waals surface area contributed by atoms with Crippen molar-refractivity contribution in [3.63, 3.8) is 0 Å². The number of hydrogen-bond acceptors (Lipinski definition) is 2. The fourth-order valence-corrected chi connectivity index (χ4v) is 1.97. The lowest BCUT2D eigenvalue weighted by molar-refractivity contribution is 0.560. The lowest BCUT2D eigenvalue weighted by atomic mass is 9.92. The maximum atomic E-state index is 6.07. The Bertz CT molecular complexity index is 562. The third kappa shape index (κ3) is 3.34. The largest absolute Gasteiger partial charge is 0.384 e. The number of nitrogens with zero attached hydrogens (tertiary/aromatic N) is 2. The Hall–Kier alpha value is -1.48. The number of hydrogen-bond donors (Lipinski definition) is 1. The van der Waals surface area contributed by atoms with Crippen LogP contribution in [0.2, 0.25) is 0 Å². The monoisotopic (exact) mass is 293 g/mol. The third-order valence-corrected chi connectivity index (χ3v) is 3.31. The van der Waals surface area contributed by atoms with Gasteiger partial charge in [0, 0.05) is 11.5 Å². The summed E-state index contributed by atoms with van der Waals surface area (Å²) in [7, 11) is 0. The predicted molar refractivity (Wildman–Crippen MR) is 88.0 cm³/mol. The van der Waals surface area contributed by atoms with E-state index in [2.05, 4.69) is 64.0 Å². The van der Waals surface area contributed by atoms with E-state index in [4.69, 9.17) is 5.73 Å². The van der Waals surface area contributed by atoms with E-state index in [0.29, 0.717) is 11.7 Å². The van der Waals surface area contributed by atoms with Gasteiger partial charge in [0.2, 0.25) is 0 Å². The highest BCUT2D eigenvalue weighted by Crippen LogP contribution is 2.25. The van der Waals surface area contributed by atoms with Gasteiger partial charge in [-0.3, -0.25) is 0 Å². The Kier molecular flexibility index (Phi) is 4.87. The lowest BCUT2D eigenvalue weighted by Crippen LogP contribution is -2.12. The molecule has 2 N–H and O–H groups in total. The van der Waals surface area contributed by atoms with Crippen molar-refractivity contribution in [2.75, 3.05) is 5.73 Å². The zero-order chi connectivity index (χ0) is 14.2. The van der Waals surface area contributed by atoms with Crippen molar-refractivity contribution in [1.82, 2.24) is 9.78 Å². The fraction of sp³-hybridized carbons (Fsp3) is 0.438. The van der Waals surface area contributed by atoms with Crippen LogP contribution in [0, 0.1) is 0 Å². The summed E-state index contributed by atoms with van der Waals surface area (Å²) < 4.78 is 1.81. The summed E-state index contributed by atoms with van der Waals surface area (Å²) in [5.74, 6) is 1.22. The van der Waals surface area contributed by atoms with Gasteiger partial charge in [-0.25, -0.2) is 4.68 Å². The van der Waals surface area contributed by atoms with Crippen molar-refractivity contribution >= 4 is 18.2 Å². The molecular weight excluding hydrogens is 270 g/mol. The van der Waals surface area contributed by atoms with Crippen LogP contribution in [0.4, 0.5) is 5.82 Å². The minimum absolute atomic E-state index is 0. The van der Waals surface area contributed by atoms with E-state index < -0.39 is 0 Å². The molecule has 0 amide bonds. The van der Waals surface area contributed by atoms with Crippen molar-refractivity contribution < 1.29 is 0 Å². The first-order valence-electron chi connectivity index (χ1n) is 6.75. The zero-order valence-electron chi connectivity index (χ0n) is 12.8. The minimum Gasteiger partial charge on any atom is -0.384 e. The van der Waals surface area contributed by atoms with E-state index in [-0.39, 0.29) is 17.8 Å². The summed E-state index contributed by atoms with van der Waals surface area (Å²) in [6.07, 6.45) is 0. The van der Waals surface area contributed by atoms with Gasteiger partial charge < -0.3 is 5.73 Å². The van der Waals surface area contributed by atoms with E-state index in [1.54, 1.807) is 0 Å². The first kappa shape index (κ1) is 16.6. The molecule has 2 aromatic rings. The first-order chi connectivity index (χ1) is 8.79. The molecule has 0 aliphatic rings. The van der Waals surface area contributed by atoms with Crippen molar-refractivity contribution in [3.05, 3.63) is 41.6 Å². The number of halogens is 1. The second-order valence-corrected chi connectivity index (χ2v) is 6.36. The quantitative estimate of drug-likeness (QED) is 0.897. The Morgan fingerprint density at radius 3 is 2.05 bits per heavy atom. The van der Waals surface area contributed by atoms with Gasteiger partial charge in [-0.15, -0.1) is 12.4 Å². The minimum atomic E-state index is 0. The first-order valence-corrected chi connectivity index (χ1v) is 6.75. The number of benzene rings is 1. The van der Waals surface area contributed by atoms with Crippen molar-refractivity contribution in [1.29, 1.82) is 0 Å². The highest BCUT2D eigenvalue weighted by atomic mass is 35.5. The second-order valence-electron chi connectivity index (χ2n) is 6.36. The van der Waals surface area contributed by atoms with Crippen LogP contribution < -0.4 is 5.73 Å². The summed E-state index contributed by atoms with van der Waals surface area (Å²) in [4.78, 5) is 0.